The Labute approximate surface area is 126 Å². The van der Waals surface area contributed by atoms with Gasteiger partial charge in [-0.2, -0.15) is 4.98 Å². The average Bonchev–Trinajstić information content (AvgIpc) is 2.97. The van der Waals surface area contributed by atoms with E-state index in [-0.39, 0.29) is 6.61 Å². The van der Waals surface area contributed by atoms with Crippen LogP contribution in [0.5, 0.6) is 0 Å². The zero-order valence-corrected chi connectivity index (χ0v) is 11.8. The van der Waals surface area contributed by atoms with Crippen LogP contribution >= 0.6 is 0 Å². The third-order valence-electron chi connectivity index (χ3n) is 3.37. The van der Waals surface area contributed by atoms with Crippen LogP contribution in [0.3, 0.4) is 0 Å². The highest BCUT2D eigenvalue weighted by Gasteiger charge is 2.12. The maximum Gasteiger partial charge on any atom is 0.412 e. The van der Waals surface area contributed by atoms with Gasteiger partial charge in [-0.25, -0.2) is 9.78 Å². The van der Waals surface area contributed by atoms with E-state index in [4.69, 9.17) is 10.2 Å². The Morgan fingerprint density at radius 2 is 1.95 bits per heavy atom. The Bertz CT molecular complexity index is 826. The summed E-state index contributed by atoms with van der Waals surface area (Å²) >= 11 is 0. The van der Waals surface area contributed by atoms with Gasteiger partial charge in [-0.05, 0) is 11.6 Å². The number of aliphatic hydroxyl groups excluding tert-OH is 1. The molecule has 0 saturated carbocycles. The van der Waals surface area contributed by atoms with Crippen LogP contribution in [-0.4, -0.2) is 37.7 Å². The van der Waals surface area contributed by atoms with Crippen molar-refractivity contribution >= 4 is 17.7 Å². The molecule has 7 heteroatoms. The number of hydrogen-bond acceptors (Lipinski definition) is 4. The largest absolute Gasteiger partial charge is 0.465 e. The number of amides is 1. The first-order valence-corrected chi connectivity index (χ1v) is 6.61. The molecule has 112 valence electrons. The van der Waals surface area contributed by atoms with Crippen LogP contribution in [0.1, 0.15) is 5.56 Å². The molecule has 0 spiro atoms. The molecule has 0 saturated heterocycles. The minimum Gasteiger partial charge on any atom is -0.465 e. The second-order valence-electron chi connectivity index (χ2n) is 4.82. The molecule has 3 aromatic rings. The number of fused-ring (bicyclic) bond motifs is 1. The van der Waals surface area contributed by atoms with E-state index in [1.807, 2.05) is 30.5 Å². The fourth-order valence-electron chi connectivity index (χ4n) is 2.07. The highest BCUT2D eigenvalue weighted by Crippen LogP contribution is 2.20. The monoisotopic (exact) mass is 298 g/mol. The molecule has 2 N–H and O–H groups in total. The number of carboxylic acid groups (broad SMARTS) is 1. The van der Waals surface area contributed by atoms with Crippen LogP contribution in [0.4, 0.5) is 10.6 Å². The van der Waals surface area contributed by atoms with Crippen molar-refractivity contribution in [3.8, 4) is 11.3 Å². The van der Waals surface area contributed by atoms with Gasteiger partial charge in [0.25, 0.3) is 0 Å². The highest BCUT2D eigenvalue weighted by atomic mass is 16.4. The summed E-state index contributed by atoms with van der Waals surface area (Å²) in [5.41, 5.74) is 2.46. The third kappa shape index (κ3) is 2.49. The van der Waals surface area contributed by atoms with Gasteiger partial charge in [0.1, 0.15) is 5.82 Å². The van der Waals surface area contributed by atoms with Gasteiger partial charge in [0.2, 0.25) is 5.78 Å². The molecule has 0 unspecified atom stereocenters. The van der Waals surface area contributed by atoms with Crippen LogP contribution < -0.4 is 4.90 Å². The van der Waals surface area contributed by atoms with Crippen molar-refractivity contribution in [1.82, 2.24) is 14.4 Å². The van der Waals surface area contributed by atoms with Gasteiger partial charge < -0.3 is 10.2 Å². The van der Waals surface area contributed by atoms with Gasteiger partial charge in [-0.3, -0.25) is 9.30 Å². The second-order valence-corrected chi connectivity index (χ2v) is 4.82. The SMILES string of the molecule is CN(C(=O)O)c1ccn2cc(-c3ccc(CO)cc3)nc2n1. The maximum absolute atomic E-state index is 11.0. The molecule has 1 aromatic carbocycles. The zero-order chi connectivity index (χ0) is 15.7. The van der Waals surface area contributed by atoms with Crippen molar-refractivity contribution in [3.05, 3.63) is 48.3 Å². The van der Waals surface area contributed by atoms with E-state index in [1.165, 1.54) is 7.05 Å². The first kappa shape index (κ1) is 14.0. The van der Waals surface area contributed by atoms with Crippen molar-refractivity contribution < 1.29 is 15.0 Å². The van der Waals surface area contributed by atoms with E-state index in [0.29, 0.717) is 11.6 Å². The Balaban J connectivity index is 2.00. The summed E-state index contributed by atoms with van der Waals surface area (Å²) in [6.45, 7) is -0.00210. The summed E-state index contributed by atoms with van der Waals surface area (Å²) < 4.78 is 1.73. The summed E-state index contributed by atoms with van der Waals surface area (Å²) in [7, 11) is 1.43. The third-order valence-corrected chi connectivity index (χ3v) is 3.37. The lowest BCUT2D eigenvalue weighted by atomic mass is 10.1. The van der Waals surface area contributed by atoms with Crippen LogP contribution in [-0.2, 0) is 6.61 Å². The first-order valence-electron chi connectivity index (χ1n) is 6.61. The molecular formula is C15H14N4O3. The van der Waals surface area contributed by atoms with Crippen molar-refractivity contribution in [2.24, 2.45) is 0 Å². The average molecular weight is 298 g/mol. The topological polar surface area (TPSA) is 91.0 Å². The molecule has 0 atom stereocenters. The molecule has 0 bridgehead atoms. The van der Waals surface area contributed by atoms with Crippen molar-refractivity contribution in [2.45, 2.75) is 6.61 Å². The fourth-order valence-corrected chi connectivity index (χ4v) is 2.07. The lowest BCUT2D eigenvalue weighted by Crippen LogP contribution is -2.24. The smallest absolute Gasteiger partial charge is 0.412 e. The number of imidazole rings is 1. The van der Waals surface area contributed by atoms with Gasteiger partial charge in [-0.15, -0.1) is 0 Å². The predicted octanol–water partition coefficient (Wildman–Crippen LogP) is 2.00. The maximum atomic E-state index is 11.0. The Hall–Kier alpha value is -2.93. The van der Waals surface area contributed by atoms with E-state index < -0.39 is 6.09 Å². The van der Waals surface area contributed by atoms with Gasteiger partial charge >= 0.3 is 6.09 Å². The Morgan fingerprint density at radius 1 is 1.23 bits per heavy atom. The van der Waals surface area contributed by atoms with Crippen LogP contribution in [0.15, 0.2) is 42.7 Å². The summed E-state index contributed by atoms with van der Waals surface area (Å²) in [6, 6.07) is 9.02. The predicted molar refractivity (Wildman–Crippen MR) is 80.8 cm³/mol. The zero-order valence-electron chi connectivity index (χ0n) is 11.8. The number of aliphatic hydroxyl groups is 1. The molecule has 0 radical (unpaired) electrons. The Morgan fingerprint density at radius 3 is 2.59 bits per heavy atom. The molecule has 2 heterocycles. The Kier molecular flexibility index (Phi) is 3.48. The van der Waals surface area contributed by atoms with Gasteiger partial charge in [0, 0.05) is 25.0 Å². The van der Waals surface area contributed by atoms with Crippen LogP contribution in [0.25, 0.3) is 17.0 Å². The minimum absolute atomic E-state index is 0.00210. The molecule has 0 aliphatic heterocycles. The summed E-state index contributed by atoms with van der Waals surface area (Å²) in [5.74, 6) is 0.736. The van der Waals surface area contributed by atoms with E-state index >= 15 is 0 Å². The molecule has 0 aliphatic rings. The standard InChI is InChI=1S/C15H14N4O3/c1-18(15(21)22)13-6-7-19-8-12(16-14(19)17-13)11-4-2-10(9-20)3-5-11/h2-8,20H,9H2,1H3,(H,21,22). The van der Waals surface area contributed by atoms with Gasteiger partial charge in [0.15, 0.2) is 0 Å². The normalized spacial score (nSPS) is 10.8. The number of carbonyl (C=O) groups is 1. The second kappa shape index (κ2) is 5.45. The number of benzene rings is 1. The molecule has 0 fully saturated rings. The number of anilines is 1. The van der Waals surface area contributed by atoms with Crippen molar-refractivity contribution in [2.75, 3.05) is 11.9 Å². The molecule has 1 amide bonds. The summed E-state index contributed by atoms with van der Waals surface area (Å²) in [5, 5.41) is 18.0. The van der Waals surface area contributed by atoms with E-state index in [9.17, 15) is 4.79 Å². The number of nitrogens with zero attached hydrogens (tertiary/aromatic N) is 4. The van der Waals surface area contributed by atoms with Crippen molar-refractivity contribution in [3.63, 3.8) is 0 Å². The number of hydrogen-bond donors (Lipinski definition) is 2. The molecule has 22 heavy (non-hydrogen) atoms. The van der Waals surface area contributed by atoms with E-state index in [0.717, 1.165) is 21.7 Å². The minimum atomic E-state index is -1.08. The van der Waals surface area contributed by atoms with Crippen LogP contribution in [0.2, 0.25) is 0 Å². The van der Waals surface area contributed by atoms with Gasteiger partial charge in [-0.1, -0.05) is 24.3 Å². The quantitative estimate of drug-likeness (QED) is 0.771. The highest BCUT2D eigenvalue weighted by molar-refractivity contribution is 5.84. The number of rotatable bonds is 3. The molecular weight excluding hydrogens is 284 g/mol. The number of aromatic nitrogens is 3. The first-order chi connectivity index (χ1) is 10.6. The van der Waals surface area contributed by atoms with E-state index in [2.05, 4.69) is 9.97 Å². The summed E-state index contributed by atoms with van der Waals surface area (Å²) in [4.78, 5) is 20.6. The molecule has 0 aliphatic carbocycles. The molecule has 2 aromatic heterocycles. The van der Waals surface area contributed by atoms with E-state index in [1.54, 1.807) is 16.7 Å². The summed E-state index contributed by atoms with van der Waals surface area (Å²) in [6.07, 6.45) is 2.46. The molecule has 7 nitrogen and oxygen atoms in total. The fraction of sp³-hybridized carbons (Fsp3) is 0.133. The molecule has 3 rings (SSSR count). The van der Waals surface area contributed by atoms with Gasteiger partial charge in [0.05, 0.1) is 12.3 Å². The van der Waals surface area contributed by atoms with Crippen LogP contribution in [0, 0.1) is 0 Å². The lowest BCUT2D eigenvalue weighted by molar-refractivity contribution is 0.203. The lowest BCUT2D eigenvalue weighted by Gasteiger charge is -2.10. The van der Waals surface area contributed by atoms with Crippen molar-refractivity contribution in [1.29, 1.82) is 0 Å².